The number of amides is 2. The van der Waals surface area contributed by atoms with E-state index in [0.717, 1.165) is 32.5 Å². The Morgan fingerprint density at radius 2 is 2.00 bits per heavy atom. The van der Waals surface area contributed by atoms with Gasteiger partial charge in [0.1, 0.15) is 5.82 Å². The molecule has 154 valence electrons. The third-order valence-corrected chi connectivity index (χ3v) is 5.69. The van der Waals surface area contributed by atoms with E-state index < -0.39 is 0 Å². The zero-order valence-electron chi connectivity index (χ0n) is 16.7. The average molecular weight is 391 g/mol. The van der Waals surface area contributed by atoms with Crippen LogP contribution < -0.4 is 10.2 Å². The standard InChI is InChI=1S/C21H30FN3O3/c1-14-10-24(11-15(2)28-14)20-6-3-17(9-19(20)22)23-21(26)25(18-4-5-18)12-16-7-8-27-13-16/h3,6,9,14-16,18H,4-5,7-8,10-13H2,1-2H3,(H,23,26)/t14-,15-,16-/m1/s1. The summed E-state index contributed by atoms with van der Waals surface area (Å²) in [5.41, 5.74) is 1.05. The summed E-state index contributed by atoms with van der Waals surface area (Å²) in [7, 11) is 0. The minimum Gasteiger partial charge on any atom is -0.381 e. The highest BCUT2D eigenvalue weighted by Gasteiger charge is 2.35. The number of nitrogens with one attached hydrogen (secondary N) is 1. The van der Waals surface area contributed by atoms with E-state index >= 15 is 0 Å². The molecule has 4 rings (SSSR count). The van der Waals surface area contributed by atoms with Crippen molar-refractivity contribution in [2.45, 2.75) is 51.4 Å². The minimum absolute atomic E-state index is 0.0641. The van der Waals surface area contributed by atoms with Gasteiger partial charge in [-0.2, -0.15) is 0 Å². The first-order valence-corrected chi connectivity index (χ1v) is 10.3. The lowest BCUT2D eigenvalue weighted by atomic mass is 10.1. The number of halogens is 1. The van der Waals surface area contributed by atoms with Crippen LogP contribution in [0.4, 0.5) is 20.6 Å². The Balaban J connectivity index is 1.41. The second-order valence-electron chi connectivity index (χ2n) is 8.37. The molecular formula is C21H30FN3O3. The van der Waals surface area contributed by atoms with Crippen molar-refractivity contribution >= 4 is 17.4 Å². The van der Waals surface area contributed by atoms with Crippen molar-refractivity contribution in [3.8, 4) is 0 Å². The molecule has 6 nitrogen and oxygen atoms in total. The molecule has 0 radical (unpaired) electrons. The molecule has 3 fully saturated rings. The Hall–Kier alpha value is -1.86. The second kappa shape index (κ2) is 8.25. The monoisotopic (exact) mass is 391 g/mol. The highest BCUT2D eigenvalue weighted by molar-refractivity contribution is 5.90. The van der Waals surface area contributed by atoms with E-state index in [0.29, 0.717) is 43.0 Å². The predicted octanol–water partition coefficient (Wildman–Crippen LogP) is 3.47. The molecule has 0 spiro atoms. The van der Waals surface area contributed by atoms with Crippen LogP contribution in [0.3, 0.4) is 0 Å². The summed E-state index contributed by atoms with van der Waals surface area (Å²) in [6.07, 6.45) is 3.21. The van der Waals surface area contributed by atoms with E-state index in [1.807, 2.05) is 23.6 Å². The summed E-state index contributed by atoms with van der Waals surface area (Å²) in [5.74, 6) is 0.0806. The molecule has 1 saturated carbocycles. The molecule has 2 amide bonds. The van der Waals surface area contributed by atoms with Gasteiger partial charge in [-0.05, 0) is 51.3 Å². The van der Waals surface area contributed by atoms with Gasteiger partial charge < -0.3 is 24.6 Å². The summed E-state index contributed by atoms with van der Waals surface area (Å²) >= 11 is 0. The zero-order valence-corrected chi connectivity index (χ0v) is 16.7. The molecular weight excluding hydrogens is 361 g/mol. The third-order valence-electron chi connectivity index (χ3n) is 5.69. The molecule has 3 atom stereocenters. The summed E-state index contributed by atoms with van der Waals surface area (Å²) in [6.45, 7) is 7.51. The van der Waals surface area contributed by atoms with Crippen LogP contribution in [-0.4, -0.2) is 62.0 Å². The Bertz CT molecular complexity index is 696. The van der Waals surface area contributed by atoms with Gasteiger partial charge in [-0.15, -0.1) is 0 Å². The maximum atomic E-state index is 14.8. The normalized spacial score (nSPS) is 27.7. The van der Waals surface area contributed by atoms with Crippen molar-refractivity contribution in [2.75, 3.05) is 43.1 Å². The van der Waals surface area contributed by atoms with E-state index in [2.05, 4.69) is 5.32 Å². The molecule has 2 heterocycles. The van der Waals surface area contributed by atoms with Crippen molar-refractivity contribution in [1.29, 1.82) is 0 Å². The number of anilines is 2. The highest BCUT2D eigenvalue weighted by atomic mass is 19.1. The summed E-state index contributed by atoms with van der Waals surface area (Å²) in [5, 5.41) is 2.89. The van der Waals surface area contributed by atoms with Gasteiger partial charge in [0.05, 0.1) is 24.5 Å². The summed E-state index contributed by atoms with van der Waals surface area (Å²) < 4.78 is 25.9. The molecule has 2 saturated heterocycles. The van der Waals surface area contributed by atoms with Gasteiger partial charge in [-0.25, -0.2) is 9.18 Å². The Labute approximate surface area is 166 Å². The van der Waals surface area contributed by atoms with Crippen LogP contribution in [0.5, 0.6) is 0 Å². The number of hydrogen-bond acceptors (Lipinski definition) is 4. The molecule has 0 unspecified atom stereocenters. The first kappa shape index (κ1) is 19.5. The number of carbonyl (C=O) groups is 1. The van der Waals surface area contributed by atoms with E-state index in [1.54, 1.807) is 12.1 Å². The molecule has 1 aromatic carbocycles. The average Bonchev–Trinajstić information content (AvgIpc) is 3.34. The minimum atomic E-state index is -0.318. The van der Waals surface area contributed by atoms with Crippen LogP contribution in [0.15, 0.2) is 18.2 Å². The highest BCUT2D eigenvalue weighted by Crippen LogP contribution is 2.30. The first-order chi connectivity index (χ1) is 13.5. The lowest BCUT2D eigenvalue weighted by Crippen LogP contribution is -2.45. The summed E-state index contributed by atoms with van der Waals surface area (Å²) in [4.78, 5) is 16.7. The molecule has 1 N–H and O–H groups in total. The molecule has 3 aliphatic rings. The number of rotatable bonds is 5. The van der Waals surface area contributed by atoms with Gasteiger partial charge in [0.2, 0.25) is 0 Å². The molecule has 1 aliphatic carbocycles. The fourth-order valence-electron chi connectivity index (χ4n) is 4.20. The van der Waals surface area contributed by atoms with Gasteiger partial charge in [0, 0.05) is 43.9 Å². The van der Waals surface area contributed by atoms with E-state index in [9.17, 15) is 9.18 Å². The molecule has 2 aliphatic heterocycles. The molecule has 0 bridgehead atoms. The van der Waals surface area contributed by atoms with Gasteiger partial charge in [-0.1, -0.05) is 0 Å². The number of ether oxygens (including phenoxy) is 2. The van der Waals surface area contributed by atoms with Gasteiger partial charge in [0.25, 0.3) is 0 Å². The van der Waals surface area contributed by atoms with E-state index in [4.69, 9.17) is 9.47 Å². The van der Waals surface area contributed by atoms with Crippen LogP contribution in [0, 0.1) is 11.7 Å². The van der Waals surface area contributed by atoms with Crippen LogP contribution in [0.25, 0.3) is 0 Å². The Morgan fingerprint density at radius 3 is 2.61 bits per heavy atom. The SMILES string of the molecule is C[C@@H]1CN(c2ccc(NC(=O)N(C[C@H]3CCOC3)C3CC3)cc2F)C[C@@H](C)O1. The fourth-order valence-corrected chi connectivity index (χ4v) is 4.20. The lowest BCUT2D eigenvalue weighted by molar-refractivity contribution is -0.00539. The predicted molar refractivity (Wildman–Crippen MR) is 106 cm³/mol. The summed E-state index contributed by atoms with van der Waals surface area (Å²) in [6, 6.07) is 5.12. The van der Waals surface area contributed by atoms with Gasteiger partial charge in [0.15, 0.2) is 0 Å². The van der Waals surface area contributed by atoms with Crippen LogP contribution in [0.1, 0.15) is 33.1 Å². The molecule has 1 aromatic rings. The molecule has 28 heavy (non-hydrogen) atoms. The van der Waals surface area contributed by atoms with E-state index in [1.165, 1.54) is 6.07 Å². The smallest absolute Gasteiger partial charge is 0.322 e. The van der Waals surface area contributed by atoms with Crippen LogP contribution >= 0.6 is 0 Å². The van der Waals surface area contributed by atoms with Crippen molar-refractivity contribution in [3.05, 3.63) is 24.0 Å². The van der Waals surface area contributed by atoms with Crippen LogP contribution in [0.2, 0.25) is 0 Å². The lowest BCUT2D eigenvalue weighted by Gasteiger charge is -2.37. The molecule has 0 aromatic heterocycles. The third kappa shape index (κ3) is 4.58. The second-order valence-corrected chi connectivity index (χ2v) is 8.37. The quantitative estimate of drug-likeness (QED) is 0.835. The van der Waals surface area contributed by atoms with Gasteiger partial charge >= 0.3 is 6.03 Å². The number of carbonyl (C=O) groups excluding carboxylic acids is 1. The maximum Gasteiger partial charge on any atom is 0.322 e. The molecule has 7 heteroatoms. The number of hydrogen-bond donors (Lipinski definition) is 1. The zero-order chi connectivity index (χ0) is 19.7. The Kier molecular flexibility index (Phi) is 5.73. The fraction of sp³-hybridized carbons (Fsp3) is 0.667. The first-order valence-electron chi connectivity index (χ1n) is 10.3. The Morgan fingerprint density at radius 1 is 1.25 bits per heavy atom. The number of benzene rings is 1. The van der Waals surface area contributed by atoms with Crippen molar-refractivity contribution < 1.29 is 18.7 Å². The van der Waals surface area contributed by atoms with Crippen molar-refractivity contribution in [1.82, 2.24) is 4.90 Å². The maximum absolute atomic E-state index is 14.8. The number of nitrogens with zero attached hydrogens (tertiary/aromatic N) is 2. The van der Waals surface area contributed by atoms with Gasteiger partial charge in [-0.3, -0.25) is 0 Å². The van der Waals surface area contributed by atoms with Crippen LogP contribution in [-0.2, 0) is 9.47 Å². The van der Waals surface area contributed by atoms with Crippen molar-refractivity contribution in [2.24, 2.45) is 5.92 Å². The largest absolute Gasteiger partial charge is 0.381 e. The van der Waals surface area contributed by atoms with E-state index in [-0.39, 0.29) is 24.1 Å². The number of morpholine rings is 1. The number of urea groups is 1. The van der Waals surface area contributed by atoms with Crippen molar-refractivity contribution in [3.63, 3.8) is 0 Å². The topological polar surface area (TPSA) is 54.0 Å².